The number of hydrogen-bond acceptors (Lipinski definition) is 6. The van der Waals surface area contributed by atoms with Gasteiger partial charge in [-0.05, 0) is 102 Å². The van der Waals surface area contributed by atoms with Gasteiger partial charge in [-0.2, -0.15) is 0 Å². The van der Waals surface area contributed by atoms with Crippen LogP contribution in [-0.4, -0.2) is 68.6 Å². The third-order valence-electron chi connectivity index (χ3n) is 6.43. The Morgan fingerprint density at radius 2 is 1.78 bits per heavy atom. The number of amides is 1. The monoisotopic (exact) mass is 445 g/mol. The number of oxime groups is 1. The Morgan fingerprint density at radius 3 is 2.44 bits per heavy atom. The number of ether oxygens (including phenoxy) is 2. The largest absolute Gasteiger partial charge is 0.478 e. The molecule has 1 N–H and O–H groups in total. The number of nitrogens with zero attached hydrogens (tertiary/aromatic N) is 2. The molecule has 7 nitrogen and oxygen atoms in total. The Hall–Kier alpha value is -2.12. The molecule has 0 spiro atoms. The van der Waals surface area contributed by atoms with Gasteiger partial charge in [0.05, 0.1) is 5.71 Å². The molecular formula is C25H39N3O4. The van der Waals surface area contributed by atoms with Crippen LogP contribution in [0.4, 0.5) is 0 Å². The van der Waals surface area contributed by atoms with Crippen LogP contribution in [0, 0.1) is 11.8 Å². The SMILES string of the molecule is C/C(=N/OCC1CCOCC1)c1ccc(OC(C)(C)C(=O)NCC2CCN(C)CC2)cc1. The van der Waals surface area contributed by atoms with E-state index in [0.717, 1.165) is 63.3 Å². The van der Waals surface area contributed by atoms with Crippen LogP contribution in [0.1, 0.15) is 52.0 Å². The van der Waals surface area contributed by atoms with Crippen molar-refractivity contribution in [3.63, 3.8) is 0 Å². The number of piperidine rings is 1. The second-order valence-electron chi connectivity index (χ2n) is 9.62. The lowest BCUT2D eigenvalue weighted by atomic mass is 9.97. The number of benzene rings is 1. The zero-order valence-corrected chi connectivity index (χ0v) is 20.1. The molecule has 32 heavy (non-hydrogen) atoms. The van der Waals surface area contributed by atoms with Crippen LogP contribution in [0.3, 0.4) is 0 Å². The predicted molar refractivity (Wildman–Crippen MR) is 126 cm³/mol. The summed E-state index contributed by atoms with van der Waals surface area (Å²) in [6.45, 7) is 10.7. The van der Waals surface area contributed by atoms with Crippen LogP contribution in [0.15, 0.2) is 29.4 Å². The van der Waals surface area contributed by atoms with Gasteiger partial charge in [0.25, 0.3) is 5.91 Å². The summed E-state index contributed by atoms with van der Waals surface area (Å²) >= 11 is 0. The Morgan fingerprint density at radius 1 is 1.12 bits per heavy atom. The summed E-state index contributed by atoms with van der Waals surface area (Å²) in [7, 11) is 2.14. The van der Waals surface area contributed by atoms with Gasteiger partial charge in [-0.15, -0.1) is 0 Å². The number of rotatable bonds is 9. The molecule has 0 bridgehead atoms. The molecule has 2 saturated heterocycles. The van der Waals surface area contributed by atoms with Gasteiger partial charge in [-0.25, -0.2) is 0 Å². The molecule has 0 unspecified atom stereocenters. The second-order valence-corrected chi connectivity index (χ2v) is 9.62. The average molecular weight is 446 g/mol. The van der Waals surface area contributed by atoms with E-state index >= 15 is 0 Å². The van der Waals surface area contributed by atoms with Crippen molar-refractivity contribution in [1.29, 1.82) is 0 Å². The molecule has 0 saturated carbocycles. The topological polar surface area (TPSA) is 72.4 Å². The summed E-state index contributed by atoms with van der Waals surface area (Å²) < 4.78 is 11.4. The molecule has 2 fully saturated rings. The minimum Gasteiger partial charge on any atom is -0.478 e. The lowest BCUT2D eigenvalue weighted by molar-refractivity contribution is -0.134. The maximum Gasteiger partial charge on any atom is 0.263 e. The number of likely N-dealkylation sites (tertiary alicyclic amines) is 1. The molecule has 0 atom stereocenters. The Kier molecular flexibility index (Phi) is 8.93. The third kappa shape index (κ3) is 7.48. The quantitative estimate of drug-likeness (QED) is 0.465. The van der Waals surface area contributed by atoms with Crippen molar-refractivity contribution in [1.82, 2.24) is 10.2 Å². The number of hydrogen-bond donors (Lipinski definition) is 1. The molecule has 1 aromatic rings. The predicted octanol–water partition coefficient (Wildman–Crippen LogP) is 3.47. The van der Waals surface area contributed by atoms with Crippen LogP contribution in [0.5, 0.6) is 5.75 Å². The summed E-state index contributed by atoms with van der Waals surface area (Å²) in [4.78, 5) is 20.6. The lowest BCUT2D eigenvalue weighted by Gasteiger charge is -2.30. The summed E-state index contributed by atoms with van der Waals surface area (Å²) in [6.07, 6.45) is 4.31. The van der Waals surface area contributed by atoms with E-state index in [1.165, 1.54) is 0 Å². The van der Waals surface area contributed by atoms with Crippen molar-refractivity contribution in [3.05, 3.63) is 29.8 Å². The zero-order chi connectivity index (χ0) is 23.0. The van der Waals surface area contributed by atoms with Crippen molar-refractivity contribution in [2.75, 3.05) is 46.5 Å². The van der Waals surface area contributed by atoms with Gasteiger partial charge in [-0.3, -0.25) is 4.79 Å². The van der Waals surface area contributed by atoms with Crippen molar-refractivity contribution in [2.24, 2.45) is 17.0 Å². The summed E-state index contributed by atoms with van der Waals surface area (Å²) in [5.41, 5.74) is 0.843. The fourth-order valence-electron chi connectivity index (χ4n) is 4.03. The molecule has 1 amide bonds. The van der Waals surface area contributed by atoms with Gasteiger partial charge in [-0.1, -0.05) is 5.16 Å². The first-order valence-corrected chi connectivity index (χ1v) is 11.8. The molecule has 2 heterocycles. The van der Waals surface area contributed by atoms with E-state index in [0.29, 0.717) is 30.7 Å². The molecule has 3 rings (SSSR count). The highest BCUT2D eigenvalue weighted by Crippen LogP contribution is 2.21. The van der Waals surface area contributed by atoms with E-state index in [9.17, 15) is 4.79 Å². The van der Waals surface area contributed by atoms with Crippen LogP contribution in [-0.2, 0) is 14.4 Å². The van der Waals surface area contributed by atoms with Crippen molar-refractivity contribution < 1.29 is 19.1 Å². The third-order valence-corrected chi connectivity index (χ3v) is 6.43. The minimum atomic E-state index is -0.942. The Bertz CT molecular complexity index is 749. The summed E-state index contributed by atoms with van der Waals surface area (Å²) in [5, 5.41) is 7.34. The maximum atomic E-state index is 12.7. The molecule has 0 aromatic heterocycles. The number of carbonyl (C=O) groups is 1. The van der Waals surface area contributed by atoms with E-state index in [2.05, 4.69) is 22.4 Å². The highest BCUT2D eigenvalue weighted by atomic mass is 16.6. The average Bonchev–Trinajstić information content (AvgIpc) is 2.79. The minimum absolute atomic E-state index is 0.0836. The first-order chi connectivity index (χ1) is 15.3. The maximum absolute atomic E-state index is 12.7. The standard InChI is InChI=1S/C25H39N3O4/c1-19(27-31-18-21-11-15-30-16-12-21)22-5-7-23(8-6-22)32-25(2,3)24(29)26-17-20-9-13-28(4)14-10-20/h5-8,20-21H,9-18H2,1-4H3,(H,26,29)/b27-19-. The van der Waals surface area contributed by atoms with Gasteiger partial charge < -0.3 is 24.5 Å². The zero-order valence-electron chi connectivity index (χ0n) is 20.1. The highest BCUT2D eigenvalue weighted by molar-refractivity contribution is 5.98. The van der Waals surface area contributed by atoms with Gasteiger partial charge in [0.1, 0.15) is 12.4 Å². The van der Waals surface area contributed by atoms with Crippen molar-refractivity contribution >= 4 is 11.6 Å². The first kappa shape index (κ1) is 24.5. The molecule has 0 aliphatic carbocycles. The molecule has 0 radical (unpaired) electrons. The van der Waals surface area contributed by atoms with Crippen molar-refractivity contribution in [3.8, 4) is 5.75 Å². The highest BCUT2D eigenvalue weighted by Gasteiger charge is 2.30. The normalized spacial score (nSPS) is 19.6. The fraction of sp³-hybridized carbons (Fsp3) is 0.680. The van der Waals surface area contributed by atoms with E-state index in [1.54, 1.807) is 0 Å². The fourth-order valence-corrected chi connectivity index (χ4v) is 4.03. The van der Waals surface area contributed by atoms with Crippen LogP contribution in [0.2, 0.25) is 0 Å². The molecule has 1 aromatic carbocycles. The molecular weight excluding hydrogens is 406 g/mol. The van der Waals surface area contributed by atoms with Gasteiger partial charge >= 0.3 is 0 Å². The van der Waals surface area contributed by atoms with Crippen molar-refractivity contribution in [2.45, 2.75) is 52.1 Å². The van der Waals surface area contributed by atoms with Gasteiger partial charge in [0.15, 0.2) is 5.60 Å². The van der Waals surface area contributed by atoms with Crippen LogP contribution in [0.25, 0.3) is 0 Å². The van der Waals surface area contributed by atoms with Gasteiger partial charge in [0, 0.05) is 25.7 Å². The van der Waals surface area contributed by atoms with E-state index in [4.69, 9.17) is 14.3 Å². The Balaban J connectivity index is 1.45. The smallest absolute Gasteiger partial charge is 0.263 e. The van der Waals surface area contributed by atoms with E-state index < -0.39 is 5.60 Å². The number of carbonyl (C=O) groups excluding carboxylic acids is 1. The summed E-state index contributed by atoms with van der Waals surface area (Å²) in [6, 6.07) is 7.63. The van der Waals surface area contributed by atoms with Crippen LogP contribution >= 0.6 is 0 Å². The molecule has 2 aliphatic rings. The van der Waals surface area contributed by atoms with Crippen LogP contribution < -0.4 is 10.1 Å². The molecule has 178 valence electrons. The molecule has 7 heteroatoms. The first-order valence-electron chi connectivity index (χ1n) is 11.8. The Labute approximate surface area is 192 Å². The lowest BCUT2D eigenvalue weighted by Crippen LogP contribution is -2.48. The summed E-state index contributed by atoms with van der Waals surface area (Å²) in [5.74, 6) is 1.63. The molecule has 2 aliphatic heterocycles. The number of nitrogens with one attached hydrogen (secondary N) is 1. The van der Waals surface area contributed by atoms with E-state index in [1.807, 2.05) is 45.0 Å². The van der Waals surface area contributed by atoms with Gasteiger partial charge in [0.2, 0.25) is 0 Å². The van der Waals surface area contributed by atoms with E-state index in [-0.39, 0.29) is 5.91 Å². The second kappa shape index (κ2) is 11.7.